The van der Waals surface area contributed by atoms with Crippen LogP contribution in [-0.4, -0.2) is 34.4 Å². The second kappa shape index (κ2) is 6.79. The zero-order chi connectivity index (χ0) is 18.2. The van der Waals surface area contributed by atoms with Gasteiger partial charge in [0, 0.05) is 0 Å². The number of rotatable bonds is 4. The van der Waals surface area contributed by atoms with Gasteiger partial charge < -0.3 is 0 Å². The normalized spacial score (nSPS) is 19.7. The van der Waals surface area contributed by atoms with Crippen molar-refractivity contribution in [3.63, 3.8) is 0 Å². The van der Waals surface area contributed by atoms with Crippen LogP contribution in [0.5, 0.6) is 0 Å². The predicted molar refractivity (Wildman–Crippen MR) is 99.6 cm³/mol. The van der Waals surface area contributed by atoms with E-state index in [0.29, 0.717) is 5.69 Å². The average molecular weight is 420 g/mol. The Morgan fingerprint density at radius 3 is 2.24 bits per heavy atom. The largest absolute Gasteiger partial charge is 0.264 e. The summed E-state index contributed by atoms with van der Waals surface area (Å²) in [7, 11) is -7.26. The topological polar surface area (TPSA) is 71.5 Å². The van der Waals surface area contributed by atoms with Crippen molar-refractivity contribution in [1.29, 1.82) is 0 Å². The molecule has 0 unspecified atom stereocenters. The molecule has 1 atom stereocenters. The van der Waals surface area contributed by atoms with Gasteiger partial charge in [0.05, 0.1) is 38.2 Å². The minimum Gasteiger partial charge on any atom is -0.262 e. The quantitative estimate of drug-likeness (QED) is 0.761. The maximum absolute atomic E-state index is 13.2. The van der Waals surface area contributed by atoms with Gasteiger partial charge in [-0.05, 0) is 36.8 Å². The van der Waals surface area contributed by atoms with Crippen LogP contribution < -0.4 is 4.31 Å². The highest BCUT2D eigenvalue weighted by molar-refractivity contribution is 7.93. The maximum atomic E-state index is 13.2. The highest BCUT2D eigenvalue weighted by Crippen LogP contribution is 2.33. The fraction of sp³-hybridized carbons (Fsp3) is 0.250. The summed E-state index contributed by atoms with van der Waals surface area (Å²) in [6.45, 7) is 0. The Morgan fingerprint density at radius 2 is 1.68 bits per heavy atom. The van der Waals surface area contributed by atoms with Crippen LogP contribution in [0.25, 0.3) is 0 Å². The molecule has 25 heavy (non-hydrogen) atoms. The van der Waals surface area contributed by atoms with Crippen LogP contribution in [-0.2, 0) is 19.9 Å². The first kappa shape index (κ1) is 18.5. The second-order valence-corrected chi connectivity index (χ2v) is 10.6. The van der Waals surface area contributed by atoms with Crippen LogP contribution >= 0.6 is 23.2 Å². The van der Waals surface area contributed by atoms with E-state index in [1.54, 1.807) is 30.3 Å². The Kier molecular flexibility index (Phi) is 5.03. The summed E-state index contributed by atoms with van der Waals surface area (Å²) in [6.07, 6.45) is 0.248. The van der Waals surface area contributed by atoms with Crippen LogP contribution in [0.1, 0.15) is 6.42 Å². The fourth-order valence-corrected chi connectivity index (χ4v) is 6.69. The molecule has 1 aliphatic rings. The van der Waals surface area contributed by atoms with Crippen molar-refractivity contribution in [1.82, 2.24) is 0 Å². The zero-order valence-corrected chi connectivity index (χ0v) is 16.1. The van der Waals surface area contributed by atoms with Gasteiger partial charge in [0.2, 0.25) is 0 Å². The number of halogens is 2. The smallest absolute Gasteiger partial charge is 0.262 e. The summed E-state index contributed by atoms with van der Waals surface area (Å²) < 4.78 is 51.4. The molecule has 0 bridgehead atoms. The molecule has 0 spiro atoms. The van der Waals surface area contributed by atoms with Gasteiger partial charge in [-0.3, -0.25) is 4.31 Å². The molecule has 0 amide bonds. The lowest BCUT2D eigenvalue weighted by Crippen LogP contribution is -2.41. The van der Waals surface area contributed by atoms with Crippen molar-refractivity contribution in [2.24, 2.45) is 0 Å². The van der Waals surface area contributed by atoms with Crippen molar-refractivity contribution in [3.8, 4) is 0 Å². The molecule has 0 radical (unpaired) electrons. The van der Waals surface area contributed by atoms with Crippen LogP contribution in [0, 0.1) is 0 Å². The predicted octanol–water partition coefficient (Wildman–Crippen LogP) is 3.38. The molecule has 1 aliphatic heterocycles. The first-order valence-corrected chi connectivity index (χ1v) is 11.5. The van der Waals surface area contributed by atoms with Crippen LogP contribution in [0.15, 0.2) is 53.4 Å². The molecule has 2 aromatic rings. The van der Waals surface area contributed by atoms with Crippen molar-refractivity contribution in [3.05, 3.63) is 58.6 Å². The highest BCUT2D eigenvalue weighted by atomic mass is 35.5. The van der Waals surface area contributed by atoms with E-state index in [2.05, 4.69) is 0 Å². The monoisotopic (exact) mass is 419 g/mol. The third kappa shape index (κ3) is 3.79. The Labute approximate surface area is 157 Å². The number of sulfone groups is 1. The zero-order valence-electron chi connectivity index (χ0n) is 13.0. The number of para-hydroxylation sites is 1. The van der Waals surface area contributed by atoms with E-state index in [4.69, 9.17) is 23.2 Å². The van der Waals surface area contributed by atoms with Gasteiger partial charge >= 0.3 is 0 Å². The van der Waals surface area contributed by atoms with Gasteiger partial charge in [-0.15, -0.1) is 0 Å². The summed E-state index contributed by atoms with van der Waals surface area (Å²) in [5, 5.41) is 0.366. The Morgan fingerprint density at radius 1 is 1.00 bits per heavy atom. The van der Waals surface area contributed by atoms with E-state index in [0.717, 1.165) is 0 Å². The summed E-state index contributed by atoms with van der Waals surface area (Å²) in [6, 6.07) is 11.8. The van der Waals surface area contributed by atoms with E-state index in [1.807, 2.05) is 0 Å². The van der Waals surface area contributed by atoms with E-state index < -0.39 is 25.9 Å². The molecule has 0 saturated carbocycles. The van der Waals surface area contributed by atoms with Crippen molar-refractivity contribution in [2.45, 2.75) is 17.4 Å². The highest BCUT2D eigenvalue weighted by Gasteiger charge is 2.39. The lowest BCUT2D eigenvalue weighted by Gasteiger charge is -2.29. The van der Waals surface area contributed by atoms with E-state index in [1.165, 1.54) is 22.5 Å². The lowest BCUT2D eigenvalue weighted by atomic mass is 10.2. The Balaban J connectivity index is 2.12. The molecule has 134 valence electrons. The molecule has 1 saturated heterocycles. The average Bonchev–Trinajstić information content (AvgIpc) is 2.90. The maximum Gasteiger partial charge on any atom is 0.264 e. The number of anilines is 1. The number of sulfonamides is 1. The number of nitrogens with zero attached hydrogens (tertiary/aromatic N) is 1. The molecular weight excluding hydrogens is 405 g/mol. The number of hydrogen-bond donors (Lipinski definition) is 0. The number of hydrogen-bond acceptors (Lipinski definition) is 4. The molecule has 2 aromatic carbocycles. The molecule has 1 heterocycles. The van der Waals surface area contributed by atoms with Gasteiger partial charge in [0.25, 0.3) is 10.0 Å². The number of benzene rings is 2. The molecule has 0 N–H and O–H groups in total. The van der Waals surface area contributed by atoms with Gasteiger partial charge in [0.15, 0.2) is 9.84 Å². The van der Waals surface area contributed by atoms with Crippen LogP contribution in [0.2, 0.25) is 10.0 Å². The Hall–Kier alpha value is -1.28. The summed E-state index contributed by atoms with van der Waals surface area (Å²) in [5.41, 5.74) is 0.413. The van der Waals surface area contributed by atoms with Crippen LogP contribution in [0.3, 0.4) is 0 Å². The standard InChI is InChI=1S/C16H15Cl2NO4S2/c17-15-7-6-14(10-16(15)18)25(22,23)19(12-4-2-1-3-5-12)13-8-9-24(20,21)11-13/h1-7,10,13H,8-9,11H2/t13-/m0/s1. The summed E-state index contributed by atoms with van der Waals surface area (Å²) in [5.74, 6) is -0.236. The molecule has 9 heteroatoms. The van der Waals surface area contributed by atoms with E-state index in [-0.39, 0.29) is 32.9 Å². The first-order chi connectivity index (χ1) is 11.7. The molecule has 5 nitrogen and oxygen atoms in total. The Bertz CT molecular complexity index is 992. The van der Waals surface area contributed by atoms with Gasteiger partial charge in [-0.2, -0.15) is 0 Å². The lowest BCUT2D eigenvalue weighted by molar-refractivity contribution is 0.580. The third-order valence-electron chi connectivity index (χ3n) is 4.00. The van der Waals surface area contributed by atoms with Gasteiger partial charge in [-0.1, -0.05) is 41.4 Å². The first-order valence-electron chi connectivity index (χ1n) is 7.46. The van der Waals surface area contributed by atoms with E-state index >= 15 is 0 Å². The molecule has 0 aromatic heterocycles. The van der Waals surface area contributed by atoms with Crippen molar-refractivity contribution >= 4 is 48.7 Å². The van der Waals surface area contributed by atoms with Crippen LogP contribution in [0.4, 0.5) is 5.69 Å². The minimum absolute atomic E-state index is 0.0299. The summed E-state index contributed by atoms with van der Waals surface area (Å²) in [4.78, 5) is -0.0324. The van der Waals surface area contributed by atoms with Crippen molar-refractivity contribution in [2.75, 3.05) is 15.8 Å². The third-order valence-corrected chi connectivity index (χ3v) is 8.36. The van der Waals surface area contributed by atoms with Gasteiger partial charge in [0.1, 0.15) is 0 Å². The van der Waals surface area contributed by atoms with Gasteiger partial charge in [-0.25, -0.2) is 16.8 Å². The molecule has 3 rings (SSSR count). The SMILES string of the molecule is O=S1(=O)CC[C@H](N(c2ccccc2)S(=O)(=O)c2ccc(Cl)c(Cl)c2)C1. The second-order valence-electron chi connectivity index (χ2n) is 5.77. The van der Waals surface area contributed by atoms with Crippen molar-refractivity contribution < 1.29 is 16.8 Å². The fourth-order valence-electron chi connectivity index (χ4n) is 2.83. The minimum atomic E-state index is -4.00. The molecular formula is C16H15Cl2NO4S2. The summed E-state index contributed by atoms with van der Waals surface area (Å²) >= 11 is 11.8. The molecule has 0 aliphatic carbocycles. The molecule has 1 fully saturated rings. The van der Waals surface area contributed by atoms with E-state index in [9.17, 15) is 16.8 Å².